The Morgan fingerprint density at radius 3 is 2.61 bits per heavy atom. The van der Waals surface area contributed by atoms with Crippen LogP contribution in [0.1, 0.15) is 20.8 Å². The van der Waals surface area contributed by atoms with Gasteiger partial charge in [0.2, 0.25) is 0 Å². The lowest BCUT2D eigenvalue weighted by molar-refractivity contribution is 0.340. The van der Waals surface area contributed by atoms with Crippen molar-refractivity contribution in [3.8, 4) is 5.75 Å². The maximum Gasteiger partial charge on any atom is 0.119 e. The SMILES string of the molecule is CCOc1ccc(N2CC(C)CNCC2C)cc1. The summed E-state index contributed by atoms with van der Waals surface area (Å²) in [6.07, 6.45) is 0. The molecule has 2 rings (SSSR count). The zero-order valence-corrected chi connectivity index (χ0v) is 11.6. The van der Waals surface area contributed by atoms with Crippen LogP contribution in [0.4, 0.5) is 5.69 Å². The Kier molecular flexibility index (Phi) is 4.48. The molecule has 0 aromatic heterocycles. The monoisotopic (exact) mass is 248 g/mol. The summed E-state index contributed by atoms with van der Waals surface area (Å²) >= 11 is 0. The third-order valence-electron chi connectivity index (χ3n) is 3.45. The van der Waals surface area contributed by atoms with Crippen LogP contribution in [0.25, 0.3) is 0 Å². The lowest BCUT2D eigenvalue weighted by Gasteiger charge is -2.30. The van der Waals surface area contributed by atoms with Crippen molar-refractivity contribution in [2.45, 2.75) is 26.8 Å². The second kappa shape index (κ2) is 6.10. The predicted molar refractivity (Wildman–Crippen MR) is 76.5 cm³/mol. The summed E-state index contributed by atoms with van der Waals surface area (Å²) in [6.45, 7) is 10.6. The van der Waals surface area contributed by atoms with E-state index in [0.717, 1.165) is 32.0 Å². The fraction of sp³-hybridized carbons (Fsp3) is 0.600. The third kappa shape index (κ3) is 3.16. The van der Waals surface area contributed by atoms with Crippen LogP contribution in [0.5, 0.6) is 5.75 Å². The van der Waals surface area contributed by atoms with Crippen LogP contribution in [0.2, 0.25) is 0 Å². The first kappa shape index (κ1) is 13.2. The molecule has 1 aromatic rings. The zero-order valence-electron chi connectivity index (χ0n) is 11.6. The van der Waals surface area contributed by atoms with Crippen LogP contribution in [0.15, 0.2) is 24.3 Å². The van der Waals surface area contributed by atoms with Gasteiger partial charge in [-0.3, -0.25) is 0 Å². The molecule has 1 aliphatic rings. The molecule has 0 radical (unpaired) electrons. The van der Waals surface area contributed by atoms with E-state index >= 15 is 0 Å². The second-order valence-electron chi connectivity index (χ2n) is 5.19. The number of nitrogens with one attached hydrogen (secondary N) is 1. The Morgan fingerprint density at radius 2 is 1.94 bits per heavy atom. The van der Waals surface area contributed by atoms with Crippen LogP contribution in [-0.2, 0) is 0 Å². The first-order chi connectivity index (χ1) is 8.70. The van der Waals surface area contributed by atoms with E-state index in [2.05, 4.69) is 48.3 Å². The molecule has 0 bridgehead atoms. The maximum absolute atomic E-state index is 5.49. The highest BCUT2D eigenvalue weighted by atomic mass is 16.5. The van der Waals surface area contributed by atoms with Crippen molar-refractivity contribution in [3.05, 3.63) is 24.3 Å². The van der Waals surface area contributed by atoms with E-state index in [1.54, 1.807) is 0 Å². The average molecular weight is 248 g/mol. The summed E-state index contributed by atoms with van der Waals surface area (Å²) in [7, 11) is 0. The van der Waals surface area contributed by atoms with Gasteiger partial charge in [0, 0.05) is 24.8 Å². The summed E-state index contributed by atoms with van der Waals surface area (Å²) in [6, 6.07) is 9.00. The van der Waals surface area contributed by atoms with Gasteiger partial charge in [-0.25, -0.2) is 0 Å². The average Bonchev–Trinajstić information content (AvgIpc) is 2.53. The summed E-state index contributed by atoms with van der Waals surface area (Å²) in [5.41, 5.74) is 1.29. The molecule has 1 heterocycles. The van der Waals surface area contributed by atoms with Gasteiger partial charge in [-0.2, -0.15) is 0 Å². The molecule has 3 nitrogen and oxygen atoms in total. The molecule has 0 saturated carbocycles. The van der Waals surface area contributed by atoms with Crippen LogP contribution in [-0.4, -0.2) is 32.3 Å². The predicted octanol–water partition coefficient (Wildman–Crippen LogP) is 2.52. The number of nitrogens with zero attached hydrogens (tertiary/aromatic N) is 1. The number of anilines is 1. The lowest BCUT2D eigenvalue weighted by atomic mass is 10.1. The highest BCUT2D eigenvalue weighted by Gasteiger charge is 2.20. The molecule has 0 spiro atoms. The number of ether oxygens (including phenoxy) is 1. The van der Waals surface area contributed by atoms with Gasteiger partial charge in [0.1, 0.15) is 5.75 Å². The van der Waals surface area contributed by atoms with Crippen LogP contribution < -0.4 is 15.0 Å². The molecule has 1 aromatic carbocycles. The van der Waals surface area contributed by atoms with Gasteiger partial charge in [0.15, 0.2) is 0 Å². The van der Waals surface area contributed by atoms with Crippen LogP contribution in [0.3, 0.4) is 0 Å². The molecule has 18 heavy (non-hydrogen) atoms. The van der Waals surface area contributed by atoms with Gasteiger partial charge < -0.3 is 15.0 Å². The molecular formula is C15H24N2O. The molecular weight excluding hydrogens is 224 g/mol. The van der Waals surface area contributed by atoms with Gasteiger partial charge in [-0.05, 0) is 50.6 Å². The Bertz CT molecular complexity index is 363. The normalized spacial score (nSPS) is 24.7. The minimum absolute atomic E-state index is 0.535. The minimum Gasteiger partial charge on any atom is -0.494 e. The molecule has 0 amide bonds. The van der Waals surface area contributed by atoms with Gasteiger partial charge in [-0.15, -0.1) is 0 Å². The lowest BCUT2D eigenvalue weighted by Crippen LogP contribution is -2.37. The van der Waals surface area contributed by atoms with E-state index in [-0.39, 0.29) is 0 Å². The molecule has 100 valence electrons. The molecule has 3 heteroatoms. The minimum atomic E-state index is 0.535. The maximum atomic E-state index is 5.49. The summed E-state index contributed by atoms with van der Waals surface area (Å²) in [4.78, 5) is 2.49. The van der Waals surface area contributed by atoms with E-state index in [1.165, 1.54) is 5.69 Å². The highest BCUT2D eigenvalue weighted by molar-refractivity contribution is 5.50. The largest absolute Gasteiger partial charge is 0.494 e. The summed E-state index contributed by atoms with van der Waals surface area (Å²) in [5.74, 6) is 1.64. The number of hydrogen-bond acceptors (Lipinski definition) is 3. The van der Waals surface area contributed by atoms with E-state index in [4.69, 9.17) is 4.74 Å². The first-order valence-corrected chi connectivity index (χ1v) is 6.91. The Labute approximate surface area is 110 Å². The molecule has 2 unspecified atom stereocenters. The van der Waals surface area contributed by atoms with Crippen molar-refractivity contribution in [3.63, 3.8) is 0 Å². The van der Waals surface area contributed by atoms with Crippen molar-refractivity contribution in [1.82, 2.24) is 5.32 Å². The quantitative estimate of drug-likeness (QED) is 0.889. The van der Waals surface area contributed by atoms with Crippen LogP contribution in [0, 0.1) is 5.92 Å². The first-order valence-electron chi connectivity index (χ1n) is 6.91. The van der Waals surface area contributed by atoms with Gasteiger partial charge in [0.25, 0.3) is 0 Å². The van der Waals surface area contributed by atoms with Gasteiger partial charge >= 0.3 is 0 Å². The second-order valence-corrected chi connectivity index (χ2v) is 5.19. The smallest absolute Gasteiger partial charge is 0.119 e. The van der Waals surface area contributed by atoms with Crippen molar-refractivity contribution in [2.24, 2.45) is 5.92 Å². The number of rotatable bonds is 3. The molecule has 1 N–H and O–H groups in total. The van der Waals surface area contributed by atoms with Gasteiger partial charge in [-0.1, -0.05) is 6.92 Å². The molecule has 2 atom stereocenters. The van der Waals surface area contributed by atoms with Crippen molar-refractivity contribution in [2.75, 3.05) is 31.1 Å². The third-order valence-corrected chi connectivity index (χ3v) is 3.45. The Balaban J connectivity index is 2.12. The van der Waals surface area contributed by atoms with Crippen molar-refractivity contribution >= 4 is 5.69 Å². The highest BCUT2D eigenvalue weighted by Crippen LogP contribution is 2.23. The fourth-order valence-corrected chi connectivity index (χ4v) is 2.49. The summed E-state index contributed by atoms with van der Waals surface area (Å²) in [5, 5.41) is 3.51. The van der Waals surface area contributed by atoms with E-state index in [1.807, 2.05) is 6.92 Å². The molecule has 0 aliphatic carbocycles. The van der Waals surface area contributed by atoms with Crippen molar-refractivity contribution < 1.29 is 4.74 Å². The number of hydrogen-bond donors (Lipinski definition) is 1. The zero-order chi connectivity index (χ0) is 13.0. The molecule has 1 aliphatic heterocycles. The van der Waals surface area contributed by atoms with Crippen LogP contribution >= 0.6 is 0 Å². The number of benzene rings is 1. The standard InChI is InChI=1S/C15H24N2O/c1-4-18-15-7-5-14(6-8-15)17-11-12(2)9-16-10-13(17)3/h5-8,12-13,16H,4,9-11H2,1-3H3. The van der Waals surface area contributed by atoms with Gasteiger partial charge in [0.05, 0.1) is 6.61 Å². The van der Waals surface area contributed by atoms with E-state index in [9.17, 15) is 0 Å². The summed E-state index contributed by atoms with van der Waals surface area (Å²) < 4.78 is 5.49. The molecule has 1 saturated heterocycles. The Hall–Kier alpha value is -1.22. The Morgan fingerprint density at radius 1 is 1.22 bits per heavy atom. The van der Waals surface area contributed by atoms with Crippen molar-refractivity contribution in [1.29, 1.82) is 0 Å². The molecule has 1 fully saturated rings. The van der Waals surface area contributed by atoms with E-state index in [0.29, 0.717) is 12.0 Å². The fourth-order valence-electron chi connectivity index (χ4n) is 2.49. The van der Waals surface area contributed by atoms with E-state index < -0.39 is 0 Å². The topological polar surface area (TPSA) is 24.5 Å².